The highest BCUT2D eigenvalue weighted by Crippen LogP contribution is 2.56. The van der Waals surface area contributed by atoms with Gasteiger partial charge in [-0.05, 0) is 24.7 Å². The second kappa shape index (κ2) is 3.59. The average Bonchev–Trinajstić information content (AvgIpc) is 2.91. The summed E-state index contributed by atoms with van der Waals surface area (Å²) in [6.07, 6.45) is 6.56. The van der Waals surface area contributed by atoms with E-state index in [-0.39, 0.29) is 11.7 Å². The van der Waals surface area contributed by atoms with E-state index in [0.717, 1.165) is 0 Å². The summed E-state index contributed by atoms with van der Waals surface area (Å²) in [5.41, 5.74) is 0.598. The number of rotatable bonds is 2. The molecule has 2 unspecified atom stereocenters. The third-order valence-electron chi connectivity index (χ3n) is 4.09. The van der Waals surface area contributed by atoms with Gasteiger partial charge in [0.25, 0.3) is 0 Å². The molecule has 0 aromatic carbocycles. The normalized spacial score (nSPS) is 32.2. The van der Waals surface area contributed by atoms with Crippen molar-refractivity contribution in [3.63, 3.8) is 0 Å². The standard InChI is InChI=1S/C12H15ClN2O/c1-15-11(9(13)6-14-15)12(16)10-7-4-2-3-5-8(7)10/h6-8,10H,2-5H2,1H3. The molecule has 1 aromatic rings. The van der Waals surface area contributed by atoms with Crippen LogP contribution in [-0.4, -0.2) is 15.6 Å². The van der Waals surface area contributed by atoms with Crippen LogP contribution in [0.15, 0.2) is 6.20 Å². The number of ketones is 1. The average molecular weight is 239 g/mol. The van der Waals surface area contributed by atoms with Crippen LogP contribution >= 0.6 is 11.6 Å². The molecule has 86 valence electrons. The number of carbonyl (C=O) groups excluding carboxylic acids is 1. The zero-order valence-corrected chi connectivity index (χ0v) is 10.1. The van der Waals surface area contributed by atoms with Crippen LogP contribution in [0.3, 0.4) is 0 Å². The Hall–Kier alpha value is -0.830. The van der Waals surface area contributed by atoms with Crippen LogP contribution in [0.25, 0.3) is 0 Å². The fraction of sp³-hybridized carbons (Fsp3) is 0.667. The minimum absolute atomic E-state index is 0.210. The summed E-state index contributed by atoms with van der Waals surface area (Å²) in [6, 6.07) is 0. The minimum Gasteiger partial charge on any atom is -0.292 e. The molecule has 0 aliphatic heterocycles. The van der Waals surface area contributed by atoms with Crippen molar-refractivity contribution in [3.8, 4) is 0 Å². The van der Waals surface area contributed by atoms with E-state index in [4.69, 9.17) is 11.6 Å². The van der Waals surface area contributed by atoms with Gasteiger partial charge >= 0.3 is 0 Å². The van der Waals surface area contributed by atoms with Gasteiger partial charge in [-0.1, -0.05) is 24.4 Å². The van der Waals surface area contributed by atoms with E-state index in [1.165, 1.54) is 25.7 Å². The zero-order valence-electron chi connectivity index (χ0n) is 9.32. The third-order valence-corrected chi connectivity index (χ3v) is 4.36. The molecule has 2 saturated carbocycles. The lowest BCUT2D eigenvalue weighted by Gasteiger charge is -2.04. The molecular formula is C12H15ClN2O. The number of halogens is 1. The van der Waals surface area contributed by atoms with Crippen LogP contribution in [-0.2, 0) is 7.05 Å². The van der Waals surface area contributed by atoms with Crippen molar-refractivity contribution < 1.29 is 4.79 Å². The topological polar surface area (TPSA) is 34.9 Å². The van der Waals surface area contributed by atoms with Crippen molar-refractivity contribution in [2.24, 2.45) is 24.8 Å². The van der Waals surface area contributed by atoms with Crippen LogP contribution < -0.4 is 0 Å². The Balaban J connectivity index is 1.84. The number of aromatic nitrogens is 2. The lowest BCUT2D eigenvalue weighted by molar-refractivity contribution is 0.0947. The molecule has 0 saturated heterocycles. The number of Topliss-reactive ketones (excluding diaryl/α,β-unsaturated/α-hetero) is 1. The fourth-order valence-electron chi connectivity index (χ4n) is 3.23. The van der Waals surface area contributed by atoms with E-state index in [9.17, 15) is 4.79 Å². The Kier molecular flexibility index (Phi) is 2.32. The van der Waals surface area contributed by atoms with E-state index in [0.29, 0.717) is 22.6 Å². The van der Waals surface area contributed by atoms with Crippen LogP contribution in [0.4, 0.5) is 0 Å². The molecule has 1 heterocycles. The van der Waals surface area contributed by atoms with Gasteiger partial charge in [0.1, 0.15) is 5.69 Å². The summed E-state index contributed by atoms with van der Waals surface area (Å²) in [7, 11) is 1.78. The van der Waals surface area contributed by atoms with Gasteiger partial charge in [-0.2, -0.15) is 5.10 Å². The predicted octanol–water partition coefficient (Wildman–Crippen LogP) is 2.69. The largest absolute Gasteiger partial charge is 0.292 e. The summed E-state index contributed by atoms with van der Waals surface area (Å²) >= 11 is 6.01. The first-order chi connectivity index (χ1) is 7.70. The first-order valence-corrected chi connectivity index (χ1v) is 6.29. The molecule has 2 atom stereocenters. The van der Waals surface area contributed by atoms with Crippen molar-refractivity contribution in [2.45, 2.75) is 25.7 Å². The highest BCUT2D eigenvalue weighted by atomic mass is 35.5. The first kappa shape index (κ1) is 10.3. The second-order valence-corrected chi connectivity index (χ2v) is 5.37. The Morgan fingerprint density at radius 2 is 2.06 bits per heavy atom. The number of hydrogen-bond donors (Lipinski definition) is 0. The molecule has 0 spiro atoms. The number of carbonyl (C=O) groups is 1. The Morgan fingerprint density at radius 3 is 2.56 bits per heavy atom. The van der Waals surface area contributed by atoms with Gasteiger partial charge in [-0.25, -0.2) is 0 Å². The van der Waals surface area contributed by atoms with E-state index in [1.807, 2.05) is 0 Å². The molecule has 3 rings (SSSR count). The minimum atomic E-state index is 0.210. The van der Waals surface area contributed by atoms with E-state index in [2.05, 4.69) is 5.10 Å². The Bertz CT molecular complexity index is 409. The van der Waals surface area contributed by atoms with Crippen LogP contribution in [0.1, 0.15) is 36.2 Å². The van der Waals surface area contributed by atoms with Gasteiger partial charge in [0.2, 0.25) is 0 Å². The monoisotopic (exact) mass is 238 g/mol. The zero-order chi connectivity index (χ0) is 11.3. The number of nitrogens with zero attached hydrogens (tertiary/aromatic N) is 2. The Labute approximate surface area is 99.8 Å². The molecule has 2 fully saturated rings. The highest BCUT2D eigenvalue weighted by molar-refractivity contribution is 6.33. The van der Waals surface area contributed by atoms with E-state index < -0.39 is 0 Å². The van der Waals surface area contributed by atoms with E-state index in [1.54, 1.807) is 17.9 Å². The summed E-state index contributed by atoms with van der Waals surface area (Å²) in [5.74, 6) is 1.71. The molecule has 2 aliphatic carbocycles. The molecule has 4 heteroatoms. The van der Waals surface area contributed by atoms with Gasteiger partial charge < -0.3 is 0 Å². The SMILES string of the molecule is Cn1ncc(Cl)c1C(=O)C1C2CCCCC21. The predicted molar refractivity (Wildman–Crippen MR) is 61.5 cm³/mol. The summed E-state index contributed by atoms with van der Waals surface area (Å²) in [6.45, 7) is 0. The second-order valence-electron chi connectivity index (χ2n) is 4.97. The van der Waals surface area contributed by atoms with Crippen molar-refractivity contribution in [1.29, 1.82) is 0 Å². The molecule has 3 nitrogen and oxygen atoms in total. The number of fused-ring (bicyclic) bond motifs is 1. The number of aryl methyl sites for hydroxylation is 1. The van der Waals surface area contributed by atoms with Gasteiger partial charge in [-0.3, -0.25) is 9.48 Å². The molecule has 0 radical (unpaired) electrons. The summed E-state index contributed by atoms with van der Waals surface area (Å²) < 4.78 is 1.61. The lowest BCUT2D eigenvalue weighted by Crippen LogP contribution is -2.11. The lowest BCUT2D eigenvalue weighted by atomic mass is 10.0. The van der Waals surface area contributed by atoms with Gasteiger partial charge in [0, 0.05) is 13.0 Å². The summed E-state index contributed by atoms with van der Waals surface area (Å²) in [5, 5.41) is 4.53. The van der Waals surface area contributed by atoms with Crippen molar-refractivity contribution in [1.82, 2.24) is 9.78 Å². The summed E-state index contributed by atoms with van der Waals surface area (Å²) in [4.78, 5) is 12.3. The van der Waals surface area contributed by atoms with Crippen molar-refractivity contribution >= 4 is 17.4 Å². The molecule has 2 aliphatic rings. The highest BCUT2D eigenvalue weighted by Gasteiger charge is 2.55. The quantitative estimate of drug-likeness (QED) is 0.743. The van der Waals surface area contributed by atoms with Crippen LogP contribution in [0.2, 0.25) is 5.02 Å². The van der Waals surface area contributed by atoms with Gasteiger partial charge in [-0.15, -0.1) is 0 Å². The fourth-order valence-corrected chi connectivity index (χ4v) is 3.49. The number of hydrogen-bond acceptors (Lipinski definition) is 2. The molecule has 0 bridgehead atoms. The van der Waals surface area contributed by atoms with E-state index >= 15 is 0 Å². The van der Waals surface area contributed by atoms with Crippen molar-refractivity contribution in [3.05, 3.63) is 16.9 Å². The third kappa shape index (κ3) is 1.41. The van der Waals surface area contributed by atoms with Crippen LogP contribution in [0.5, 0.6) is 0 Å². The maximum absolute atomic E-state index is 12.3. The van der Waals surface area contributed by atoms with Gasteiger partial charge in [0.15, 0.2) is 5.78 Å². The molecule has 16 heavy (non-hydrogen) atoms. The molecular weight excluding hydrogens is 224 g/mol. The molecule has 0 amide bonds. The smallest absolute Gasteiger partial charge is 0.186 e. The van der Waals surface area contributed by atoms with Gasteiger partial charge in [0.05, 0.1) is 11.2 Å². The first-order valence-electron chi connectivity index (χ1n) is 5.92. The molecule has 1 aromatic heterocycles. The van der Waals surface area contributed by atoms with Crippen molar-refractivity contribution in [2.75, 3.05) is 0 Å². The maximum Gasteiger partial charge on any atom is 0.186 e. The maximum atomic E-state index is 12.3. The Morgan fingerprint density at radius 1 is 1.44 bits per heavy atom. The molecule has 0 N–H and O–H groups in total. The van der Waals surface area contributed by atoms with Crippen LogP contribution in [0, 0.1) is 17.8 Å².